The van der Waals surface area contributed by atoms with Crippen LogP contribution in [-0.2, 0) is 0 Å². The normalized spacial score (nSPS) is 17.7. The number of anilines is 2. The van der Waals surface area contributed by atoms with E-state index < -0.39 is 0 Å². The van der Waals surface area contributed by atoms with E-state index in [2.05, 4.69) is 14.9 Å². The van der Waals surface area contributed by atoms with Gasteiger partial charge in [0.05, 0.1) is 5.69 Å². The van der Waals surface area contributed by atoms with Gasteiger partial charge in [0.1, 0.15) is 17.3 Å². The molecular weight excluding hydrogens is 364 g/mol. The molecule has 2 aromatic rings. The topological polar surface area (TPSA) is 90.9 Å². The van der Waals surface area contributed by atoms with Gasteiger partial charge in [0.2, 0.25) is 5.95 Å². The molecule has 0 amide bonds. The Bertz CT molecular complexity index is 825. The number of nitrogens with two attached hydrogens (primary N) is 1. The van der Waals surface area contributed by atoms with Gasteiger partial charge in [0, 0.05) is 42.8 Å². The summed E-state index contributed by atoms with van der Waals surface area (Å²) in [5.41, 5.74) is 1.45. The molecule has 0 radical (unpaired) electrons. The van der Waals surface area contributed by atoms with Gasteiger partial charge in [-0.25, -0.2) is 4.98 Å². The Balaban J connectivity index is 1.80. The number of hydrogen-bond acceptors (Lipinski definition) is 7. The van der Waals surface area contributed by atoms with Gasteiger partial charge < -0.3 is 20.7 Å². The van der Waals surface area contributed by atoms with E-state index in [0.29, 0.717) is 27.9 Å². The Morgan fingerprint density at radius 1 is 1.00 bits per heavy atom. The fraction of sp³-hybridized carbons (Fsp3) is 0.421. The predicted octanol–water partition coefficient (Wildman–Crippen LogP) is 2.75. The lowest BCUT2D eigenvalue weighted by Gasteiger charge is -2.22. The number of aromatic hydroxyl groups is 1. The third-order valence-corrected chi connectivity index (χ3v) is 5.34. The molecule has 3 heterocycles. The van der Waals surface area contributed by atoms with Crippen molar-refractivity contribution in [1.82, 2.24) is 9.97 Å². The molecule has 0 unspecified atom stereocenters. The first-order valence-corrected chi connectivity index (χ1v) is 9.69. The number of aromatic nitrogens is 2. The third-order valence-electron chi connectivity index (χ3n) is 5.11. The Hall–Kier alpha value is -2.54. The number of rotatable bonds is 4. The number of hydrogen-bond donors (Lipinski definition) is 2. The number of nitrogens with zero attached hydrogens (tertiary/aromatic N) is 5. The maximum Gasteiger partial charge on any atom is 0.227 e. The standard InChI is InChI=1S/C19H23ClN6O/c20-13-5-6-16(27)14(11-13)18(24-21)15-12-17(25-7-1-2-8-25)23-19(22-15)26-9-3-4-10-26/h5-6,11-12,27H,1-4,7-10,21H2/b24-18+. The van der Waals surface area contributed by atoms with Crippen LogP contribution in [0.5, 0.6) is 5.75 Å². The van der Waals surface area contributed by atoms with Gasteiger partial charge in [-0.15, -0.1) is 0 Å². The monoisotopic (exact) mass is 386 g/mol. The van der Waals surface area contributed by atoms with Crippen LogP contribution in [0, 0.1) is 0 Å². The highest BCUT2D eigenvalue weighted by Gasteiger charge is 2.23. The SMILES string of the molecule is N/N=C(/c1cc(N2CCCC2)nc(N2CCCC2)n1)c1cc(Cl)ccc1O. The average molecular weight is 387 g/mol. The van der Waals surface area contributed by atoms with E-state index in [9.17, 15) is 5.11 Å². The van der Waals surface area contributed by atoms with Crippen molar-refractivity contribution in [2.45, 2.75) is 25.7 Å². The highest BCUT2D eigenvalue weighted by Crippen LogP contribution is 2.28. The van der Waals surface area contributed by atoms with E-state index >= 15 is 0 Å². The number of phenolic OH excluding ortho intramolecular Hbond substituents is 1. The summed E-state index contributed by atoms with van der Waals surface area (Å²) in [5.74, 6) is 7.34. The molecule has 2 saturated heterocycles. The van der Waals surface area contributed by atoms with E-state index in [1.165, 1.54) is 6.07 Å². The summed E-state index contributed by atoms with van der Waals surface area (Å²) in [7, 11) is 0. The molecule has 1 aromatic carbocycles. The van der Waals surface area contributed by atoms with Crippen molar-refractivity contribution in [1.29, 1.82) is 0 Å². The highest BCUT2D eigenvalue weighted by atomic mass is 35.5. The third kappa shape index (κ3) is 3.64. The Morgan fingerprint density at radius 3 is 2.33 bits per heavy atom. The maximum atomic E-state index is 10.3. The number of halogens is 1. The summed E-state index contributed by atoms with van der Waals surface area (Å²) in [6.07, 6.45) is 4.59. The van der Waals surface area contributed by atoms with Crippen LogP contribution < -0.4 is 15.6 Å². The minimum absolute atomic E-state index is 0.0626. The second-order valence-corrected chi connectivity index (χ2v) is 7.38. The molecule has 0 saturated carbocycles. The van der Waals surface area contributed by atoms with Crippen LogP contribution in [0.1, 0.15) is 36.9 Å². The predicted molar refractivity (Wildman–Crippen MR) is 108 cm³/mol. The lowest BCUT2D eigenvalue weighted by Crippen LogP contribution is -2.25. The molecule has 0 spiro atoms. The van der Waals surface area contributed by atoms with E-state index in [0.717, 1.165) is 57.7 Å². The van der Waals surface area contributed by atoms with E-state index in [1.807, 2.05) is 6.07 Å². The van der Waals surface area contributed by atoms with Crippen LogP contribution >= 0.6 is 11.6 Å². The minimum Gasteiger partial charge on any atom is -0.507 e. The molecule has 3 N–H and O–H groups in total. The molecule has 27 heavy (non-hydrogen) atoms. The lowest BCUT2D eigenvalue weighted by atomic mass is 10.1. The van der Waals surface area contributed by atoms with Crippen LogP contribution in [0.25, 0.3) is 0 Å². The number of phenols is 1. The average Bonchev–Trinajstić information content (AvgIpc) is 3.39. The fourth-order valence-electron chi connectivity index (χ4n) is 3.68. The first kappa shape index (κ1) is 17.9. The molecule has 1 aromatic heterocycles. The van der Waals surface area contributed by atoms with E-state index in [1.54, 1.807) is 12.1 Å². The highest BCUT2D eigenvalue weighted by molar-refractivity contribution is 6.31. The number of benzene rings is 1. The maximum absolute atomic E-state index is 10.3. The summed E-state index contributed by atoms with van der Waals surface area (Å²) in [6.45, 7) is 3.85. The summed E-state index contributed by atoms with van der Waals surface area (Å²) >= 11 is 6.12. The molecule has 0 atom stereocenters. The minimum atomic E-state index is 0.0626. The molecule has 2 aliphatic heterocycles. The van der Waals surface area contributed by atoms with E-state index in [-0.39, 0.29) is 5.75 Å². The Kier molecular flexibility index (Phi) is 5.03. The van der Waals surface area contributed by atoms with Crippen LogP contribution in [-0.4, -0.2) is 47.0 Å². The smallest absolute Gasteiger partial charge is 0.227 e. The zero-order chi connectivity index (χ0) is 18.8. The molecule has 0 aliphatic carbocycles. The second kappa shape index (κ2) is 7.60. The molecule has 142 valence electrons. The van der Waals surface area contributed by atoms with Gasteiger partial charge in [-0.3, -0.25) is 0 Å². The second-order valence-electron chi connectivity index (χ2n) is 6.94. The first-order valence-electron chi connectivity index (χ1n) is 9.32. The quantitative estimate of drug-likeness (QED) is 0.477. The van der Waals surface area contributed by atoms with Crippen LogP contribution in [0.4, 0.5) is 11.8 Å². The van der Waals surface area contributed by atoms with E-state index in [4.69, 9.17) is 27.4 Å². The van der Waals surface area contributed by atoms with Crippen molar-refractivity contribution in [3.8, 4) is 5.75 Å². The Labute approximate surface area is 163 Å². The summed E-state index contributed by atoms with van der Waals surface area (Å²) in [6, 6.07) is 6.71. The number of hydrazone groups is 1. The van der Waals surface area contributed by atoms with Crippen LogP contribution in [0.3, 0.4) is 0 Å². The lowest BCUT2D eigenvalue weighted by molar-refractivity contribution is 0.474. The van der Waals surface area contributed by atoms with Gasteiger partial charge >= 0.3 is 0 Å². The van der Waals surface area contributed by atoms with Crippen molar-refractivity contribution in [3.63, 3.8) is 0 Å². The van der Waals surface area contributed by atoms with Crippen molar-refractivity contribution < 1.29 is 5.11 Å². The molecule has 7 nitrogen and oxygen atoms in total. The zero-order valence-corrected chi connectivity index (χ0v) is 15.9. The molecule has 8 heteroatoms. The van der Waals surface area contributed by atoms with Gasteiger partial charge in [0.25, 0.3) is 0 Å². The first-order chi connectivity index (χ1) is 13.2. The zero-order valence-electron chi connectivity index (χ0n) is 15.1. The summed E-state index contributed by atoms with van der Waals surface area (Å²) in [4.78, 5) is 14.0. The van der Waals surface area contributed by atoms with Crippen molar-refractivity contribution in [2.24, 2.45) is 10.9 Å². The van der Waals surface area contributed by atoms with Crippen molar-refractivity contribution in [3.05, 3.63) is 40.5 Å². The van der Waals surface area contributed by atoms with Crippen LogP contribution in [0.15, 0.2) is 29.4 Å². The van der Waals surface area contributed by atoms with Crippen molar-refractivity contribution >= 4 is 29.1 Å². The summed E-state index contributed by atoms with van der Waals surface area (Å²) in [5, 5.41) is 14.7. The summed E-state index contributed by atoms with van der Waals surface area (Å²) < 4.78 is 0. The molecule has 0 bridgehead atoms. The Morgan fingerprint density at radius 2 is 1.67 bits per heavy atom. The van der Waals surface area contributed by atoms with Gasteiger partial charge in [-0.1, -0.05) is 11.6 Å². The fourth-order valence-corrected chi connectivity index (χ4v) is 3.85. The van der Waals surface area contributed by atoms with Crippen molar-refractivity contribution in [2.75, 3.05) is 36.0 Å². The molecule has 4 rings (SSSR count). The molecule has 2 aliphatic rings. The van der Waals surface area contributed by atoms with Crippen LogP contribution in [0.2, 0.25) is 5.02 Å². The van der Waals surface area contributed by atoms with Gasteiger partial charge in [0.15, 0.2) is 0 Å². The van der Waals surface area contributed by atoms with Gasteiger partial charge in [-0.2, -0.15) is 10.1 Å². The van der Waals surface area contributed by atoms with Gasteiger partial charge in [-0.05, 0) is 43.9 Å². The molecular formula is C19H23ClN6O. The largest absolute Gasteiger partial charge is 0.507 e. The molecule has 2 fully saturated rings.